The Morgan fingerprint density at radius 1 is 1.23 bits per heavy atom. The standard InChI is InChI=1S/C22H27N3O/c1-15(13-23)25-10-9-17(14-25)16-7-8-20-18(11-16)12-21(24-20)19-5-3-4-6-22(19)26-2/h3-8,11-12,15,17,24H,9-10,13-14,23H2,1-2H3. The molecule has 4 heteroatoms. The number of nitrogens with two attached hydrogens (primary N) is 1. The molecule has 1 fully saturated rings. The fraction of sp³-hybridized carbons (Fsp3) is 0.364. The van der Waals surface area contributed by atoms with Crippen molar-refractivity contribution < 1.29 is 4.74 Å². The summed E-state index contributed by atoms with van der Waals surface area (Å²) in [5.74, 6) is 1.49. The number of para-hydroxylation sites is 1. The topological polar surface area (TPSA) is 54.3 Å². The number of aromatic nitrogens is 1. The third-order valence-electron chi connectivity index (χ3n) is 5.70. The summed E-state index contributed by atoms with van der Waals surface area (Å²) in [6.45, 7) is 5.19. The third-order valence-corrected chi connectivity index (χ3v) is 5.70. The minimum absolute atomic E-state index is 0.466. The highest BCUT2D eigenvalue weighted by Gasteiger charge is 2.26. The minimum atomic E-state index is 0.466. The number of benzene rings is 2. The van der Waals surface area contributed by atoms with Crippen LogP contribution in [0.25, 0.3) is 22.2 Å². The number of likely N-dealkylation sites (tertiary alicyclic amines) is 1. The van der Waals surface area contributed by atoms with Gasteiger partial charge in [-0.2, -0.15) is 0 Å². The van der Waals surface area contributed by atoms with Crippen molar-refractivity contribution in [3.05, 3.63) is 54.1 Å². The molecular formula is C22H27N3O. The summed E-state index contributed by atoms with van der Waals surface area (Å²) in [7, 11) is 1.72. The minimum Gasteiger partial charge on any atom is -0.496 e. The lowest BCUT2D eigenvalue weighted by molar-refractivity contribution is 0.261. The zero-order chi connectivity index (χ0) is 18.1. The number of ether oxygens (including phenoxy) is 1. The van der Waals surface area contributed by atoms with Gasteiger partial charge in [-0.15, -0.1) is 0 Å². The van der Waals surface area contributed by atoms with Crippen LogP contribution in [-0.2, 0) is 0 Å². The maximum atomic E-state index is 5.84. The van der Waals surface area contributed by atoms with Crippen molar-refractivity contribution >= 4 is 10.9 Å². The van der Waals surface area contributed by atoms with Gasteiger partial charge < -0.3 is 15.5 Å². The number of hydrogen-bond donors (Lipinski definition) is 2. The van der Waals surface area contributed by atoms with Crippen molar-refractivity contribution in [1.29, 1.82) is 0 Å². The summed E-state index contributed by atoms with van der Waals surface area (Å²) >= 11 is 0. The Morgan fingerprint density at radius 3 is 2.88 bits per heavy atom. The van der Waals surface area contributed by atoms with Crippen LogP contribution >= 0.6 is 0 Å². The van der Waals surface area contributed by atoms with E-state index in [0.717, 1.165) is 36.6 Å². The highest BCUT2D eigenvalue weighted by atomic mass is 16.5. The summed E-state index contributed by atoms with van der Waals surface area (Å²) in [6.07, 6.45) is 1.21. The van der Waals surface area contributed by atoms with E-state index in [4.69, 9.17) is 10.5 Å². The van der Waals surface area contributed by atoms with Crippen molar-refractivity contribution in [1.82, 2.24) is 9.88 Å². The van der Waals surface area contributed by atoms with Gasteiger partial charge in [0.15, 0.2) is 0 Å². The van der Waals surface area contributed by atoms with E-state index in [2.05, 4.69) is 47.1 Å². The average molecular weight is 349 g/mol. The van der Waals surface area contributed by atoms with Gasteiger partial charge in [0.25, 0.3) is 0 Å². The average Bonchev–Trinajstić information content (AvgIpc) is 3.33. The number of methoxy groups -OCH3 is 1. The number of aromatic amines is 1. The van der Waals surface area contributed by atoms with Crippen LogP contribution in [0.15, 0.2) is 48.5 Å². The second-order valence-corrected chi connectivity index (χ2v) is 7.30. The highest BCUT2D eigenvalue weighted by molar-refractivity contribution is 5.87. The van der Waals surface area contributed by atoms with Gasteiger partial charge in [0.1, 0.15) is 5.75 Å². The van der Waals surface area contributed by atoms with Gasteiger partial charge in [-0.05, 0) is 61.7 Å². The van der Waals surface area contributed by atoms with Crippen LogP contribution in [-0.4, -0.2) is 42.7 Å². The molecule has 0 saturated carbocycles. The largest absolute Gasteiger partial charge is 0.496 e. The molecule has 1 aliphatic rings. The maximum Gasteiger partial charge on any atom is 0.128 e. The van der Waals surface area contributed by atoms with Gasteiger partial charge in [-0.3, -0.25) is 4.90 Å². The van der Waals surface area contributed by atoms with Crippen LogP contribution in [0.1, 0.15) is 24.8 Å². The number of rotatable bonds is 5. The zero-order valence-electron chi connectivity index (χ0n) is 15.5. The van der Waals surface area contributed by atoms with Gasteiger partial charge in [0.05, 0.1) is 12.8 Å². The van der Waals surface area contributed by atoms with Crippen molar-refractivity contribution in [2.45, 2.75) is 25.3 Å². The van der Waals surface area contributed by atoms with Gasteiger partial charge in [0.2, 0.25) is 0 Å². The van der Waals surface area contributed by atoms with E-state index in [-0.39, 0.29) is 0 Å². The summed E-state index contributed by atoms with van der Waals surface area (Å²) in [5.41, 5.74) is 10.6. The molecule has 4 nitrogen and oxygen atoms in total. The van der Waals surface area contributed by atoms with E-state index in [9.17, 15) is 0 Å². The molecule has 0 aliphatic carbocycles. The van der Waals surface area contributed by atoms with Crippen molar-refractivity contribution in [3.8, 4) is 17.0 Å². The molecule has 4 rings (SSSR count). The molecule has 1 aliphatic heterocycles. The Hall–Kier alpha value is -2.30. The van der Waals surface area contributed by atoms with Crippen LogP contribution in [0.4, 0.5) is 0 Å². The smallest absolute Gasteiger partial charge is 0.128 e. The Bertz CT molecular complexity index is 901. The number of H-pyrrole nitrogens is 1. The van der Waals surface area contributed by atoms with Crippen LogP contribution in [0.3, 0.4) is 0 Å². The summed E-state index contributed by atoms with van der Waals surface area (Å²) in [5, 5.41) is 1.26. The van der Waals surface area contributed by atoms with Crippen molar-refractivity contribution in [2.24, 2.45) is 5.73 Å². The molecule has 0 radical (unpaired) electrons. The molecule has 2 atom stereocenters. The number of nitrogens with one attached hydrogen (secondary N) is 1. The van der Waals surface area contributed by atoms with Crippen LogP contribution in [0.2, 0.25) is 0 Å². The van der Waals surface area contributed by atoms with Gasteiger partial charge in [-0.25, -0.2) is 0 Å². The second-order valence-electron chi connectivity index (χ2n) is 7.30. The van der Waals surface area contributed by atoms with E-state index in [0.29, 0.717) is 12.0 Å². The van der Waals surface area contributed by atoms with Crippen molar-refractivity contribution in [3.63, 3.8) is 0 Å². The van der Waals surface area contributed by atoms with E-state index in [1.807, 2.05) is 18.2 Å². The number of hydrogen-bond acceptors (Lipinski definition) is 3. The first-order valence-electron chi connectivity index (χ1n) is 9.39. The fourth-order valence-electron chi connectivity index (χ4n) is 4.03. The molecule has 1 aromatic heterocycles. The second kappa shape index (κ2) is 7.14. The molecule has 2 unspecified atom stereocenters. The molecule has 2 aromatic carbocycles. The molecule has 0 bridgehead atoms. The van der Waals surface area contributed by atoms with E-state index >= 15 is 0 Å². The number of fused-ring (bicyclic) bond motifs is 1. The van der Waals surface area contributed by atoms with Crippen molar-refractivity contribution in [2.75, 3.05) is 26.7 Å². The molecule has 3 N–H and O–H groups in total. The predicted molar refractivity (Wildman–Crippen MR) is 108 cm³/mol. The maximum absolute atomic E-state index is 5.84. The first-order chi connectivity index (χ1) is 12.7. The third kappa shape index (κ3) is 3.11. The van der Waals surface area contributed by atoms with Crippen LogP contribution in [0.5, 0.6) is 5.75 Å². The SMILES string of the molecule is COc1ccccc1-c1cc2cc(C3CCN(C(C)CN)C3)ccc2[nH]1. The lowest BCUT2D eigenvalue weighted by atomic mass is 9.97. The first-order valence-corrected chi connectivity index (χ1v) is 9.39. The molecule has 26 heavy (non-hydrogen) atoms. The Balaban J connectivity index is 1.63. The lowest BCUT2D eigenvalue weighted by Crippen LogP contribution is -2.36. The molecule has 2 heterocycles. The zero-order valence-corrected chi connectivity index (χ0v) is 15.5. The molecule has 136 valence electrons. The van der Waals surface area contributed by atoms with Gasteiger partial charge in [-0.1, -0.05) is 18.2 Å². The molecule has 0 amide bonds. The molecule has 0 spiro atoms. The van der Waals surface area contributed by atoms with E-state index in [1.165, 1.54) is 22.9 Å². The summed E-state index contributed by atoms with van der Waals surface area (Å²) in [6, 6.07) is 17.6. The molecular weight excluding hydrogens is 322 g/mol. The lowest BCUT2D eigenvalue weighted by Gasteiger charge is -2.22. The molecule has 3 aromatic rings. The fourth-order valence-corrected chi connectivity index (χ4v) is 4.03. The molecule has 1 saturated heterocycles. The quantitative estimate of drug-likeness (QED) is 0.732. The van der Waals surface area contributed by atoms with Crippen LogP contribution < -0.4 is 10.5 Å². The normalized spacial score (nSPS) is 19.1. The van der Waals surface area contributed by atoms with Gasteiger partial charge >= 0.3 is 0 Å². The monoisotopic (exact) mass is 349 g/mol. The Morgan fingerprint density at radius 2 is 2.08 bits per heavy atom. The van der Waals surface area contributed by atoms with E-state index < -0.39 is 0 Å². The predicted octanol–water partition coefficient (Wildman–Crippen LogP) is 3.98. The van der Waals surface area contributed by atoms with E-state index in [1.54, 1.807) is 7.11 Å². The van der Waals surface area contributed by atoms with Crippen LogP contribution in [0, 0.1) is 0 Å². The van der Waals surface area contributed by atoms with Gasteiger partial charge in [0, 0.05) is 35.6 Å². The Labute approximate surface area is 155 Å². The highest BCUT2D eigenvalue weighted by Crippen LogP contribution is 2.34. The number of nitrogens with zero attached hydrogens (tertiary/aromatic N) is 1. The first kappa shape index (κ1) is 17.1. The summed E-state index contributed by atoms with van der Waals surface area (Å²) < 4.78 is 5.51. The summed E-state index contributed by atoms with van der Waals surface area (Å²) in [4.78, 5) is 6.04. The Kier molecular flexibility index (Phi) is 4.70.